The first-order chi connectivity index (χ1) is 9.79. The molecule has 0 spiro atoms. The first-order valence-corrected chi connectivity index (χ1v) is 7.88. The number of hydrogen-bond donors (Lipinski definition) is 2. The average Bonchev–Trinajstić information content (AvgIpc) is 2.76. The minimum absolute atomic E-state index is 0.333. The lowest BCUT2D eigenvalue weighted by Crippen LogP contribution is -2.40. The largest absolute Gasteiger partial charge is 0.497 e. The van der Waals surface area contributed by atoms with Gasteiger partial charge in [-0.25, -0.2) is 0 Å². The van der Waals surface area contributed by atoms with Crippen LogP contribution >= 0.6 is 0 Å². The van der Waals surface area contributed by atoms with Crippen molar-refractivity contribution in [3.8, 4) is 5.75 Å². The maximum Gasteiger partial charge on any atom is 0.119 e. The first kappa shape index (κ1) is 13.9. The Bertz CT molecular complexity index is 452. The smallest absolute Gasteiger partial charge is 0.119 e. The first-order valence-electron chi connectivity index (χ1n) is 7.88. The van der Waals surface area contributed by atoms with Gasteiger partial charge in [0.25, 0.3) is 0 Å². The molecule has 3 atom stereocenters. The standard InChI is InChI=1S/C17H25NO2/c1-20-13-7-9-14-12(11-13)6-8-15(17(14)19)16-5-3-2-4-10-18-16/h7,9,11,15-19H,2-6,8,10H2,1H3. The van der Waals surface area contributed by atoms with Crippen molar-refractivity contribution >= 4 is 0 Å². The third-order valence-corrected chi connectivity index (χ3v) is 4.94. The Morgan fingerprint density at radius 2 is 2.10 bits per heavy atom. The highest BCUT2D eigenvalue weighted by Crippen LogP contribution is 2.39. The summed E-state index contributed by atoms with van der Waals surface area (Å²) in [5, 5.41) is 14.4. The molecule has 1 heterocycles. The van der Waals surface area contributed by atoms with Crippen molar-refractivity contribution in [1.82, 2.24) is 5.32 Å². The van der Waals surface area contributed by atoms with E-state index >= 15 is 0 Å². The Balaban J connectivity index is 1.79. The molecule has 110 valence electrons. The Morgan fingerprint density at radius 3 is 2.95 bits per heavy atom. The summed E-state index contributed by atoms with van der Waals surface area (Å²) in [5.41, 5.74) is 2.36. The predicted octanol–water partition coefficient (Wildman–Crippen LogP) is 2.82. The maximum absolute atomic E-state index is 10.7. The lowest BCUT2D eigenvalue weighted by molar-refractivity contribution is 0.0682. The van der Waals surface area contributed by atoms with Crippen LogP contribution in [0.15, 0.2) is 18.2 Å². The zero-order valence-electron chi connectivity index (χ0n) is 12.3. The summed E-state index contributed by atoms with van der Waals surface area (Å²) in [6, 6.07) is 6.56. The molecule has 1 aliphatic carbocycles. The van der Waals surface area contributed by atoms with Crippen molar-refractivity contribution in [3.63, 3.8) is 0 Å². The Labute approximate surface area is 121 Å². The lowest BCUT2D eigenvalue weighted by atomic mass is 9.76. The molecular weight excluding hydrogens is 250 g/mol. The molecule has 3 rings (SSSR count). The van der Waals surface area contributed by atoms with Crippen LogP contribution in [0.5, 0.6) is 5.75 Å². The SMILES string of the molecule is COc1ccc2c(c1)CCC(C1CCCCCN1)C2O. The molecule has 0 radical (unpaired) electrons. The number of aliphatic hydroxyl groups excluding tert-OH is 1. The van der Waals surface area contributed by atoms with Gasteiger partial charge in [-0.05, 0) is 55.5 Å². The van der Waals surface area contributed by atoms with Gasteiger partial charge >= 0.3 is 0 Å². The number of ether oxygens (including phenoxy) is 1. The third-order valence-electron chi connectivity index (χ3n) is 4.94. The van der Waals surface area contributed by atoms with Crippen molar-refractivity contribution in [1.29, 1.82) is 0 Å². The van der Waals surface area contributed by atoms with Gasteiger partial charge in [0.15, 0.2) is 0 Å². The summed E-state index contributed by atoms with van der Waals surface area (Å²) >= 11 is 0. The second-order valence-corrected chi connectivity index (χ2v) is 6.12. The molecule has 0 bridgehead atoms. The summed E-state index contributed by atoms with van der Waals surface area (Å²) in [5.74, 6) is 1.25. The summed E-state index contributed by atoms with van der Waals surface area (Å²) in [4.78, 5) is 0. The predicted molar refractivity (Wildman–Crippen MR) is 80.0 cm³/mol. The Morgan fingerprint density at radius 1 is 1.20 bits per heavy atom. The number of aryl methyl sites for hydroxylation is 1. The van der Waals surface area contributed by atoms with Crippen LogP contribution in [-0.4, -0.2) is 24.8 Å². The summed E-state index contributed by atoms with van der Waals surface area (Å²) in [6.45, 7) is 1.10. The van der Waals surface area contributed by atoms with E-state index in [2.05, 4.69) is 11.4 Å². The molecule has 3 heteroatoms. The van der Waals surface area contributed by atoms with Gasteiger partial charge in [-0.3, -0.25) is 0 Å². The minimum Gasteiger partial charge on any atom is -0.497 e. The van der Waals surface area contributed by atoms with Gasteiger partial charge < -0.3 is 15.2 Å². The van der Waals surface area contributed by atoms with Crippen LogP contribution < -0.4 is 10.1 Å². The van der Waals surface area contributed by atoms with Crippen molar-refractivity contribution in [3.05, 3.63) is 29.3 Å². The highest BCUT2D eigenvalue weighted by atomic mass is 16.5. The molecule has 20 heavy (non-hydrogen) atoms. The topological polar surface area (TPSA) is 41.5 Å². The highest BCUT2D eigenvalue weighted by Gasteiger charge is 2.33. The van der Waals surface area contributed by atoms with E-state index in [4.69, 9.17) is 4.74 Å². The van der Waals surface area contributed by atoms with Crippen LogP contribution in [0.1, 0.15) is 49.3 Å². The number of benzene rings is 1. The maximum atomic E-state index is 10.7. The van der Waals surface area contributed by atoms with Crippen LogP contribution in [0.2, 0.25) is 0 Å². The zero-order chi connectivity index (χ0) is 13.9. The van der Waals surface area contributed by atoms with E-state index in [1.165, 1.54) is 31.2 Å². The number of methoxy groups -OCH3 is 1. The molecule has 1 saturated heterocycles. The van der Waals surface area contributed by atoms with Crippen LogP contribution in [0.4, 0.5) is 0 Å². The van der Waals surface area contributed by atoms with Crippen molar-refractivity contribution < 1.29 is 9.84 Å². The molecule has 1 aromatic carbocycles. The minimum atomic E-state index is -0.333. The number of nitrogens with one attached hydrogen (secondary N) is 1. The number of aliphatic hydroxyl groups is 1. The van der Waals surface area contributed by atoms with Gasteiger partial charge in [0.2, 0.25) is 0 Å². The van der Waals surface area contributed by atoms with Gasteiger partial charge in [-0.2, -0.15) is 0 Å². The molecule has 2 aliphatic rings. The monoisotopic (exact) mass is 275 g/mol. The quantitative estimate of drug-likeness (QED) is 0.872. The fourth-order valence-electron chi connectivity index (χ4n) is 3.77. The molecular formula is C17H25NO2. The van der Waals surface area contributed by atoms with Gasteiger partial charge in [0.1, 0.15) is 5.75 Å². The zero-order valence-corrected chi connectivity index (χ0v) is 12.3. The third kappa shape index (κ3) is 2.70. The number of rotatable bonds is 2. The second kappa shape index (κ2) is 6.15. The van der Waals surface area contributed by atoms with E-state index < -0.39 is 0 Å². The summed E-state index contributed by atoms with van der Waals surface area (Å²) in [6.07, 6.45) is 6.86. The van der Waals surface area contributed by atoms with E-state index in [0.29, 0.717) is 12.0 Å². The fourth-order valence-corrected chi connectivity index (χ4v) is 3.77. The van der Waals surface area contributed by atoms with Crippen molar-refractivity contribution in [2.75, 3.05) is 13.7 Å². The van der Waals surface area contributed by atoms with Gasteiger partial charge in [-0.15, -0.1) is 0 Å². The number of hydrogen-bond acceptors (Lipinski definition) is 3. The fraction of sp³-hybridized carbons (Fsp3) is 0.647. The van der Waals surface area contributed by atoms with E-state index in [1.807, 2.05) is 12.1 Å². The van der Waals surface area contributed by atoms with Crippen LogP contribution in [-0.2, 0) is 6.42 Å². The lowest BCUT2D eigenvalue weighted by Gasteiger charge is -2.36. The molecule has 3 unspecified atom stereocenters. The summed E-state index contributed by atoms with van der Waals surface area (Å²) in [7, 11) is 1.69. The van der Waals surface area contributed by atoms with Crippen LogP contribution in [0.3, 0.4) is 0 Å². The van der Waals surface area contributed by atoms with E-state index in [1.54, 1.807) is 7.11 Å². The molecule has 0 amide bonds. The highest BCUT2D eigenvalue weighted by molar-refractivity contribution is 5.39. The van der Waals surface area contributed by atoms with Gasteiger partial charge in [0, 0.05) is 12.0 Å². The van der Waals surface area contributed by atoms with Crippen molar-refractivity contribution in [2.45, 2.75) is 50.7 Å². The summed E-state index contributed by atoms with van der Waals surface area (Å²) < 4.78 is 5.28. The van der Waals surface area contributed by atoms with Gasteiger partial charge in [-0.1, -0.05) is 18.9 Å². The molecule has 1 aliphatic heterocycles. The second-order valence-electron chi connectivity index (χ2n) is 6.12. The van der Waals surface area contributed by atoms with Crippen LogP contribution in [0, 0.1) is 5.92 Å². The molecule has 3 nitrogen and oxygen atoms in total. The average molecular weight is 275 g/mol. The van der Waals surface area contributed by atoms with E-state index in [-0.39, 0.29) is 6.10 Å². The Hall–Kier alpha value is -1.06. The molecule has 2 N–H and O–H groups in total. The van der Waals surface area contributed by atoms with E-state index in [9.17, 15) is 5.11 Å². The van der Waals surface area contributed by atoms with E-state index in [0.717, 1.165) is 30.7 Å². The molecule has 1 aromatic rings. The molecule has 1 fully saturated rings. The van der Waals surface area contributed by atoms with Crippen molar-refractivity contribution in [2.24, 2.45) is 5.92 Å². The Kier molecular flexibility index (Phi) is 4.27. The number of fused-ring (bicyclic) bond motifs is 1. The normalized spacial score (nSPS) is 30.4. The molecule has 0 saturated carbocycles. The molecule has 0 aromatic heterocycles. The van der Waals surface area contributed by atoms with Crippen LogP contribution in [0.25, 0.3) is 0 Å². The van der Waals surface area contributed by atoms with Gasteiger partial charge in [0.05, 0.1) is 13.2 Å².